The maximum atomic E-state index is 9.09. The minimum Gasteiger partial charge on any atom is -0.376 e. The van der Waals surface area contributed by atoms with Crippen LogP contribution < -0.4 is 0 Å². The van der Waals surface area contributed by atoms with Gasteiger partial charge in [-0.15, -0.1) is 11.6 Å². The fraction of sp³-hybridized carbons (Fsp3) is 0.222. The monoisotopic (exact) mass is 181 g/mol. The summed E-state index contributed by atoms with van der Waals surface area (Å²) in [6.45, 7) is 0. The molecular weight excluding hydrogens is 174 g/mol. The molecule has 0 aromatic heterocycles. The van der Waals surface area contributed by atoms with Crippen LogP contribution in [0.5, 0.6) is 0 Å². The second-order valence-electron chi connectivity index (χ2n) is 2.39. The SMILES string of the molecule is N#C[C@@H](O)[C@H](Cl)c1ccccc1. The van der Waals surface area contributed by atoms with Crippen molar-refractivity contribution in [3.63, 3.8) is 0 Å². The molecule has 3 heteroatoms. The Morgan fingerprint density at radius 1 is 1.33 bits per heavy atom. The van der Waals surface area contributed by atoms with E-state index in [1.54, 1.807) is 18.2 Å². The van der Waals surface area contributed by atoms with Crippen LogP contribution in [-0.4, -0.2) is 11.2 Å². The van der Waals surface area contributed by atoms with Crippen LogP contribution in [0, 0.1) is 11.3 Å². The van der Waals surface area contributed by atoms with Gasteiger partial charge in [0.25, 0.3) is 0 Å². The van der Waals surface area contributed by atoms with Crippen LogP contribution in [0.4, 0.5) is 0 Å². The standard InChI is InChI=1S/C9H8ClNO/c10-9(8(12)6-11)7-4-2-1-3-5-7/h1-5,8-9,12H/t8-,9-/m1/s1. The van der Waals surface area contributed by atoms with Gasteiger partial charge in [0.1, 0.15) is 0 Å². The topological polar surface area (TPSA) is 44.0 Å². The predicted octanol–water partition coefficient (Wildman–Crippen LogP) is 1.85. The first kappa shape index (κ1) is 9.05. The van der Waals surface area contributed by atoms with Gasteiger partial charge >= 0.3 is 0 Å². The van der Waals surface area contributed by atoms with E-state index in [0.717, 1.165) is 5.56 Å². The predicted molar refractivity (Wildman–Crippen MR) is 46.7 cm³/mol. The van der Waals surface area contributed by atoms with Gasteiger partial charge in [0.15, 0.2) is 6.10 Å². The van der Waals surface area contributed by atoms with Crippen LogP contribution in [0.15, 0.2) is 30.3 Å². The van der Waals surface area contributed by atoms with E-state index in [2.05, 4.69) is 0 Å². The lowest BCUT2D eigenvalue weighted by Gasteiger charge is -2.09. The van der Waals surface area contributed by atoms with Crippen LogP contribution in [0.3, 0.4) is 0 Å². The summed E-state index contributed by atoms with van der Waals surface area (Å²) in [5.41, 5.74) is 0.758. The van der Waals surface area contributed by atoms with Crippen molar-refractivity contribution in [2.24, 2.45) is 0 Å². The number of hydrogen-bond acceptors (Lipinski definition) is 2. The minimum atomic E-state index is -1.14. The van der Waals surface area contributed by atoms with Gasteiger partial charge < -0.3 is 5.11 Å². The van der Waals surface area contributed by atoms with Crippen molar-refractivity contribution < 1.29 is 5.11 Å². The molecule has 0 saturated heterocycles. The summed E-state index contributed by atoms with van der Waals surface area (Å²) in [6.07, 6.45) is -1.14. The lowest BCUT2D eigenvalue weighted by molar-refractivity contribution is 0.225. The third-order valence-electron chi connectivity index (χ3n) is 1.53. The van der Waals surface area contributed by atoms with Gasteiger partial charge in [-0.2, -0.15) is 5.26 Å². The second-order valence-corrected chi connectivity index (χ2v) is 2.86. The van der Waals surface area contributed by atoms with Crippen molar-refractivity contribution in [3.8, 4) is 6.07 Å². The van der Waals surface area contributed by atoms with E-state index in [-0.39, 0.29) is 0 Å². The zero-order chi connectivity index (χ0) is 8.97. The maximum Gasteiger partial charge on any atom is 0.160 e. The zero-order valence-corrected chi connectivity index (χ0v) is 7.07. The number of aliphatic hydroxyl groups excluding tert-OH is 1. The van der Waals surface area contributed by atoms with E-state index in [1.165, 1.54) is 0 Å². The molecule has 0 unspecified atom stereocenters. The first-order valence-electron chi connectivity index (χ1n) is 3.52. The van der Waals surface area contributed by atoms with Crippen LogP contribution in [0.2, 0.25) is 0 Å². The highest BCUT2D eigenvalue weighted by atomic mass is 35.5. The lowest BCUT2D eigenvalue weighted by Crippen LogP contribution is -2.10. The molecular formula is C9H8ClNO. The van der Waals surface area contributed by atoms with E-state index >= 15 is 0 Å². The molecule has 0 amide bonds. The molecule has 0 heterocycles. The fourth-order valence-corrected chi connectivity index (χ4v) is 1.09. The maximum absolute atomic E-state index is 9.09. The highest BCUT2D eigenvalue weighted by Gasteiger charge is 2.16. The number of halogens is 1. The van der Waals surface area contributed by atoms with Gasteiger partial charge in [0.05, 0.1) is 11.4 Å². The number of benzene rings is 1. The second kappa shape index (κ2) is 4.10. The van der Waals surface area contributed by atoms with Gasteiger partial charge in [-0.25, -0.2) is 0 Å². The molecule has 1 aromatic carbocycles. The highest BCUT2D eigenvalue weighted by Crippen LogP contribution is 2.23. The fourth-order valence-electron chi connectivity index (χ4n) is 0.885. The number of hydrogen-bond donors (Lipinski definition) is 1. The van der Waals surface area contributed by atoms with Crippen molar-refractivity contribution in [2.75, 3.05) is 0 Å². The smallest absolute Gasteiger partial charge is 0.160 e. The summed E-state index contributed by atoms with van der Waals surface area (Å²) in [7, 11) is 0. The molecule has 2 nitrogen and oxygen atoms in total. The number of aliphatic hydroxyl groups is 1. The van der Waals surface area contributed by atoms with E-state index in [0.29, 0.717) is 0 Å². The normalized spacial score (nSPS) is 14.8. The highest BCUT2D eigenvalue weighted by molar-refractivity contribution is 6.21. The molecule has 1 aromatic rings. The summed E-state index contributed by atoms with van der Waals surface area (Å²) in [4.78, 5) is 0. The lowest BCUT2D eigenvalue weighted by atomic mass is 10.1. The van der Waals surface area contributed by atoms with E-state index in [9.17, 15) is 0 Å². The molecule has 0 saturated carbocycles. The number of alkyl halides is 1. The Hall–Kier alpha value is -1.04. The summed E-state index contributed by atoms with van der Waals surface area (Å²) < 4.78 is 0. The van der Waals surface area contributed by atoms with Crippen molar-refractivity contribution >= 4 is 11.6 Å². The van der Waals surface area contributed by atoms with Gasteiger partial charge in [-0.1, -0.05) is 30.3 Å². The van der Waals surface area contributed by atoms with Gasteiger partial charge in [-0.05, 0) is 5.56 Å². The summed E-state index contributed by atoms with van der Waals surface area (Å²) in [5.74, 6) is 0. The Kier molecular flexibility index (Phi) is 3.09. The van der Waals surface area contributed by atoms with E-state index in [4.69, 9.17) is 22.0 Å². The third-order valence-corrected chi connectivity index (χ3v) is 2.02. The van der Waals surface area contributed by atoms with Crippen molar-refractivity contribution in [1.29, 1.82) is 5.26 Å². The van der Waals surface area contributed by atoms with Gasteiger partial charge in [0.2, 0.25) is 0 Å². The third kappa shape index (κ3) is 1.97. The molecule has 0 radical (unpaired) electrons. The Bertz CT molecular complexity index is 280. The Labute approximate surface area is 76.0 Å². The average molecular weight is 182 g/mol. The van der Waals surface area contributed by atoms with Crippen LogP contribution in [-0.2, 0) is 0 Å². The summed E-state index contributed by atoms with van der Waals surface area (Å²) >= 11 is 5.78. The van der Waals surface area contributed by atoms with Gasteiger partial charge in [0, 0.05) is 0 Å². The molecule has 1 N–H and O–H groups in total. The van der Waals surface area contributed by atoms with E-state index in [1.807, 2.05) is 18.2 Å². The summed E-state index contributed by atoms with van der Waals surface area (Å²) in [5, 5.41) is 16.8. The van der Waals surface area contributed by atoms with Gasteiger partial charge in [-0.3, -0.25) is 0 Å². The quantitative estimate of drug-likeness (QED) is 0.559. The van der Waals surface area contributed by atoms with Crippen molar-refractivity contribution in [1.82, 2.24) is 0 Å². The molecule has 0 aliphatic heterocycles. The van der Waals surface area contributed by atoms with Crippen LogP contribution >= 0.6 is 11.6 Å². The zero-order valence-electron chi connectivity index (χ0n) is 6.31. The average Bonchev–Trinajstić information content (AvgIpc) is 2.17. The molecule has 0 aliphatic carbocycles. The Morgan fingerprint density at radius 2 is 1.92 bits per heavy atom. The first-order valence-corrected chi connectivity index (χ1v) is 3.96. The van der Waals surface area contributed by atoms with Crippen LogP contribution in [0.1, 0.15) is 10.9 Å². The summed E-state index contributed by atoms with van der Waals surface area (Å²) in [6, 6.07) is 10.7. The molecule has 0 spiro atoms. The molecule has 62 valence electrons. The molecule has 0 aliphatic rings. The Morgan fingerprint density at radius 3 is 2.42 bits per heavy atom. The first-order chi connectivity index (χ1) is 5.75. The number of nitriles is 1. The molecule has 12 heavy (non-hydrogen) atoms. The number of rotatable bonds is 2. The van der Waals surface area contributed by atoms with Crippen molar-refractivity contribution in [2.45, 2.75) is 11.5 Å². The minimum absolute atomic E-state index is 0.642. The van der Waals surface area contributed by atoms with Crippen molar-refractivity contribution in [3.05, 3.63) is 35.9 Å². The van der Waals surface area contributed by atoms with Crippen LogP contribution in [0.25, 0.3) is 0 Å². The molecule has 0 fully saturated rings. The Balaban J connectivity index is 2.80. The largest absolute Gasteiger partial charge is 0.376 e. The van der Waals surface area contributed by atoms with E-state index < -0.39 is 11.5 Å². The number of nitrogens with zero attached hydrogens (tertiary/aromatic N) is 1. The molecule has 1 rings (SSSR count). The molecule has 2 atom stereocenters. The molecule has 0 bridgehead atoms.